The molecule has 0 bridgehead atoms. The van der Waals surface area contributed by atoms with Gasteiger partial charge < -0.3 is 9.15 Å². The number of carbonyl (C=O) groups excluding carboxylic acids is 2. The lowest BCUT2D eigenvalue weighted by Gasteiger charge is -2.10. The Kier molecular flexibility index (Phi) is 3.31. The van der Waals surface area contributed by atoms with Gasteiger partial charge >= 0.3 is 0 Å². The molecule has 1 aliphatic carbocycles. The molecule has 1 aromatic heterocycles. The average molecular weight is 317 g/mol. The number of para-hydroxylation sites is 1. The number of rotatable bonds is 3. The van der Waals surface area contributed by atoms with Crippen LogP contribution in [0.1, 0.15) is 21.0 Å². The fraction of sp³-hybridized carbons (Fsp3) is 0. The van der Waals surface area contributed by atoms with Crippen molar-refractivity contribution in [2.75, 3.05) is 0 Å². The van der Waals surface area contributed by atoms with Crippen LogP contribution < -0.4 is 4.74 Å². The lowest BCUT2D eigenvalue weighted by molar-refractivity contribution is 0.0923. The van der Waals surface area contributed by atoms with Crippen LogP contribution >= 0.6 is 0 Å². The van der Waals surface area contributed by atoms with Gasteiger partial charge in [0.05, 0.1) is 0 Å². The molecule has 0 amide bonds. The van der Waals surface area contributed by atoms with Gasteiger partial charge in [-0.15, -0.1) is 0 Å². The van der Waals surface area contributed by atoms with Crippen LogP contribution in [0, 0.1) is 0 Å². The van der Waals surface area contributed by atoms with Gasteiger partial charge in [-0.05, 0) is 24.3 Å². The molecule has 2 aromatic carbocycles. The minimum atomic E-state index is -0.497. The third-order valence-corrected chi connectivity index (χ3v) is 3.54. The number of hydrogen-bond donors (Lipinski definition) is 0. The number of Topliss-reactive ketones (excluding diaryl/α,β-unsaturated/α-hetero) is 1. The highest BCUT2D eigenvalue weighted by Crippen LogP contribution is 2.28. The normalized spacial score (nSPS) is 13.4. The Morgan fingerprint density at radius 2 is 1.54 bits per heavy atom. The quantitative estimate of drug-likeness (QED) is 0.737. The zero-order valence-corrected chi connectivity index (χ0v) is 12.4. The van der Waals surface area contributed by atoms with Gasteiger partial charge in [0.25, 0.3) is 5.78 Å². The van der Waals surface area contributed by atoms with E-state index in [4.69, 9.17) is 9.15 Å². The van der Waals surface area contributed by atoms with Gasteiger partial charge in [0.15, 0.2) is 11.5 Å². The largest absolute Gasteiger partial charge is 0.453 e. The summed E-state index contributed by atoms with van der Waals surface area (Å²) in [5, 5.41) is 0. The van der Waals surface area contributed by atoms with Crippen LogP contribution in [-0.4, -0.2) is 16.6 Å². The molecule has 3 aromatic rings. The first-order valence-electron chi connectivity index (χ1n) is 7.32. The molecular weight excluding hydrogens is 306 g/mol. The van der Waals surface area contributed by atoms with E-state index in [1.165, 1.54) is 0 Å². The van der Waals surface area contributed by atoms with Crippen molar-refractivity contribution in [1.29, 1.82) is 0 Å². The van der Waals surface area contributed by atoms with Crippen LogP contribution in [0.2, 0.25) is 0 Å². The topological polar surface area (TPSA) is 69.4 Å². The van der Waals surface area contributed by atoms with Crippen molar-refractivity contribution in [1.82, 2.24) is 4.98 Å². The Balaban J connectivity index is 1.70. The Bertz CT molecular complexity index is 956. The third kappa shape index (κ3) is 2.42. The molecule has 24 heavy (non-hydrogen) atoms. The summed E-state index contributed by atoms with van der Waals surface area (Å²) in [6.07, 6.45) is 1.15. The molecule has 0 aliphatic heterocycles. The number of ketones is 2. The highest BCUT2D eigenvalue weighted by molar-refractivity contribution is 6.22. The zero-order chi connectivity index (χ0) is 16.5. The highest BCUT2D eigenvalue weighted by atomic mass is 16.5. The van der Waals surface area contributed by atoms with Gasteiger partial charge in [0.2, 0.25) is 17.4 Å². The van der Waals surface area contributed by atoms with Crippen molar-refractivity contribution in [2.24, 2.45) is 0 Å². The first-order valence-corrected chi connectivity index (χ1v) is 7.32. The molecule has 0 saturated carbocycles. The summed E-state index contributed by atoms with van der Waals surface area (Å²) in [7, 11) is 0. The van der Waals surface area contributed by atoms with Gasteiger partial charge in [-0.25, -0.2) is 4.98 Å². The van der Waals surface area contributed by atoms with Gasteiger partial charge in [-0.3, -0.25) is 9.59 Å². The summed E-state index contributed by atoms with van der Waals surface area (Å²) in [6, 6.07) is 17.9. The van der Waals surface area contributed by atoms with Gasteiger partial charge in [0, 0.05) is 11.6 Å². The number of fused-ring (bicyclic) bond motifs is 1. The minimum absolute atomic E-state index is 0.0132. The number of hydrogen-bond acceptors (Lipinski definition) is 5. The van der Waals surface area contributed by atoms with E-state index >= 15 is 0 Å². The number of benzene rings is 2. The summed E-state index contributed by atoms with van der Waals surface area (Å²) < 4.78 is 11.1. The number of carbonyl (C=O) groups is 2. The van der Waals surface area contributed by atoms with Crippen LogP contribution in [0.15, 0.2) is 76.9 Å². The average Bonchev–Trinajstić information content (AvgIpc) is 3.07. The molecule has 1 aliphatic rings. The minimum Gasteiger partial charge on any atom is -0.453 e. The van der Waals surface area contributed by atoms with Crippen molar-refractivity contribution < 1.29 is 18.7 Å². The van der Waals surface area contributed by atoms with E-state index in [0.29, 0.717) is 11.3 Å². The molecule has 0 spiro atoms. The molecule has 0 saturated heterocycles. The Morgan fingerprint density at radius 1 is 0.875 bits per heavy atom. The molecule has 4 rings (SSSR count). The van der Waals surface area contributed by atoms with E-state index in [9.17, 15) is 9.59 Å². The van der Waals surface area contributed by atoms with Crippen molar-refractivity contribution >= 4 is 11.6 Å². The number of allylic oxidation sites excluding steroid dienone is 2. The first-order chi connectivity index (χ1) is 11.7. The summed E-state index contributed by atoms with van der Waals surface area (Å²) >= 11 is 0. The molecule has 0 atom stereocenters. The SMILES string of the molecule is O=C1C=C(Oc2ccccc2)C(=O)c2oc(-c3ccccc3)nc21. The number of ether oxygens (including phenoxy) is 1. The maximum atomic E-state index is 12.5. The first kappa shape index (κ1) is 14.1. The smallest absolute Gasteiger partial charge is 0.265 e. The molecule has 5 nitrogen and oxygen atoms in total. The van der Waals surface area contributed by atoms with Crippen molar-refractivity contribution in [3.05, 3.63) is 84.0 Å². The Labute approximate surface area is 137 Å². The van der Waals surface area contributed by atoms with Crippen LogP contribution in [0.25, 0.3) is 11.5 Å². The molecule has 5 heteroatoms. The zero-order valence-electron chi connectivity index (χ0n) is 12.4. The van der Waals surface area contributed by atoms with Crippen LogP contribution in [0.5, 0.6) is 5.75 Å². The van der Waals surface area contributed by atoms with Crippen molar-refractivity contribution in [3.8, 4) is 17.2 Å². The lowest BCUT2D eigenvalue weighted by atomic mass is 10.1. The van der Waals surface area contributed by atoms with Crippen LogP contribution in [0.3, 0.4) is 0 Å². The van der Waals surface area contributed by atoms with Gasteiger partial charge in [-0.1, -0.05) is 36.4 Å². The summed E-state index contributed by atoms with van der Waals surface area (Å²) in [4.78, 5) is 28.9. The summed E-state index contributed by atoms with van der Waals surface area (Å²) in [6.45, 7) is 0. The number of oxazole rings is 1. The number of aromatic nitrogens is 1. The molecular formula is C19H11NO4. The van der Waals surface area contributed by atoms with E-state index in [0.717, 1.165) is 6.08 Å². The molecule has 0 N–H and O–H groups in total. The van der Waals surface area contributed by atoms with Gasteiger partial charge in [-0.2, -0.15) is 0 Å². The molecule has 0 fully saturated rings. The maximum absolute atomic E-state index is 12.5. The molecule has 0 radical (unpaired) electrons. The Hall–Kier alpha value is -3.47. The highest BCUT2D eigenvalue weighted by Gasteiger charge is 2.33. The van der Waals surface area contributed by atoms with Crippen LogP contribution in [0.4, 0.5) is 0 Å². The molecule has 116 valence electrons. The predicted molar refractivity (Wildman–Crippen MR) is 85.8 cm³/mol. The molecule has 1 heterocycles. The predicted octanol–water partition coefficient (Wildman–Crippen LogP) is 3.68. The summed E-state index contributed by atoms with van der Waals surface area (Å²) in [5.74, 6) is -0.376. The second-order valence-electron chi connectivity index (χ2n) is 5.18. The fourth-order valence-corrected chi connectivity index (χ4v) is 2.40. The van der Waals surface area contributed by atoms with E-state index < -0.39 is 11.6 Å². The standard InChI is InChI=1S/C19H11NO4/c21-14-11-15(23-13-9-5-2-6-10-13)17(22)18-16(14)20-19(24-18)12-7-3-1-4-8-12/h1-11H. The van der Waals surface area contributed by atoms with E-state index in [-0.39, 0.29) is 23.1 Å². The van der Waals surface area contributed by atoms with Crippen molar-refractivity contribution in [2.45, 2.75) is 0 Å². The van der Waals surface area contributed by atoms with E-state index in [1.807, 2.05) is 24.3 Å². The Morgan fingerprint density at radius 3 is 2.25 bits per heavy atom. The second kappa shape index (κ2) is 5.62. The fourth-order valence-electron chi connectivity index (χ4n) is 2.40. The second-order valence-corrected chi connectivity index (χ2v) is 5.18. The lowest BCUT2D eigenvalue weighted by Crippen LogP contribution is -2.19. The monoisotopic (exact) mass is 317 g/mol. The van der Waals surface area contributed by atoms with Gasteiger partial charge in [0.1, 0.15) is 5.75 Å². The van der Waals surface area contributed by atoms with E-state index in [2.05, 4.69) is 4.98 Å². The summed E-state index contributed by atoms with van der Waals surface area (Å²) in [5.41, 5.74) is 0.706. The van der Waals surface area contributed by atoms with Crippen molar-refractivity contribution in [3.63, 3.8) is 0 Å². The maximum Gasteiger partial charge on any atom is 0.265 e. The van der Waals surface area contributed by atoms with E-state index in [1.54, 1.807) is 36.4 Å². The number of nitrogens with zero attached hydrogens (tertiary/aromatic N) is 1. The van der Waals surface area contributed by atoms with Crippen LogP contribution in [-0.2, 0) is 0 Å². The molecule has 0 unspecified atom stereocenters. The third-order valence-electron chi connectivity index (χ3n) is 3.54.